The quantitative estimate of drug-likeness (QED) is 0.616. The van der Waals surface area contributed by atoms with Crippen LogP contribution in [0.3, 0.4) is 0 Å². The third-order valence-electron chi connectivity index (χ3n) is 5.34. The molecule has 28 heavy (non-hydrogen) atoms. The molecule has 2 aliphatic rings. The van der Waals surface area contributed by atoms with E-state index >= 15 is 0 Å². The number of methoxy groups -OCH3 is 2. The van der Waals surface area contributed by atoms with E-state index in [0.29, 0.717) is 23.5 Å². The fraction of sp³-hybridized carbons (Fsp3) is 0.350. The highest BCUT2D eigenvalue weighted by Crippen LogP contribution is 2.42. The molecule has 2 heterocycles. The Labute approximate surface area is 166 Å². The monoisotopic (exact) mass is 400 g/mol. The maximum absolute atomic E-state index is 13.2. The number of rotatable bonds is 5. The van der Waals surface area contributed by atoms with Gasteiger partial charge in [-0.1, -0.05) is 0 Å². The van der Waals surface area contributed by atoms with Crippen molar-refractivity contribution in [1.82, 2.24) is 10.2 Å². The molecule has 0 bridgehead atoms. The van der Waals surface area contributed by atoms with Crippen LogP contribution in [0.2, 0.25) is 0 Å². The summed E-state index contributed by atoms with van der Waals surface area (Å²) in [6.07, 6.45) is 2.27. The number of ketones is 1. The summed E-state index contributed by atoms with van der Waals surface area (Å²) in [5.74, 6) is 0.214. The average Bonchev–Trinajstić information content (AvgIpc) is 3.28. The molecule has 0 unspecified atom stereocenters. The Morgan fingerprint density at radius 1 is 1.21 bits per heavy atom. The topological polar surface area (TPSA) is 84.9 Å². The van der Waals surface area contributed by atoms with Crippen molar-refractivity contribution in [2.75, 3.05) is 20.8 Å². The summed E-state index contributed by atoms with van der Waals surface area (Å²) < 4.78 is 10.4. The second-order valence-electron chi connectivity index (χ2n) is 6.83. The summed E-state index contributed by atoms with van der Waals surface area (Å²) >= 11 is 1.59. The second kappa shape index (κ2) is 6.94. The summed E-state index contributed by atoms with van der Waals surface area (Å²) in [4.78, 5) is 40.7. The molecule has 0 saturated carbocycles. The molecular formula is C20H20N2O5S. The fourth-order valence-corrected chi connectivity index (χ4v) is 4.93. The molecule has 1 N–H and O–H groups in total. The van der Waals surface area contributed by atoms with Crippen LogP contribution < -0.4 is 14.8 Å². The van der Waals surface area contributed by atoms with E-state index in [9.17, 15) is 14.4 Å². The van der Waals surface area contributed by atoms with E-state index in [2.05, 4.69) is 5.32 Å². The van der Waals surface area contributed by atoms with Crippen LogP contribution in [0.5, 0.6) is 11.5 Å². The van der Waals surface area contributed by atoms with Gasteiger partial charge in [-0.3, -0.25) is 14.5 Å². The van der Waals surface area contributed by atoms with Gasteiger partial charge < -0.3 is 14.8 Å². The average molecular weight is 400 g/mol. The highest BCUT2D eigenvalue weighted by atomic mass is 32.1. The number of imide groups is 1. The minimum atomic E-state index is -1.04. The lowest BCUT2D eigenvalue weighted by Crippen LogP contribution is -2.46. The third-order valence-corrected chi connectivity index (χ3v) is 6.32. The molecule has 7 nitrogen and oxygen atoms in total. The van der Waals surface area contributed by atoms with E-state index in [0.717, 1.165) is 28.2 Å². The van der Waals surface area contributed by atoms with Gasteiger partial charge in [0.1, 0.15) is 5.54 Å². The van der Waals surface area contributed by atoms with Gasteiger partial charge in [-0.25, -0.2) is 4.79 Å². The molecule has 1 saturated heterocycles. The van der Waals surface area contributed by atoms with Crippen LogP contribution in [0.25, 0.3) is 0 Å². The zero-order valence-corrected chi connectivity index (χ0v) is 16.4. The Morgan fingerprint density at radius 3 is 2.75 bits per heavy atom. The number of hydrogen-bond acceptors (Lipinski definition) is 6. The molecule has 1 aromatic carbocycles. The van der Waals surface area contributed by atoms with Crippen LogP contribution in [-0.2, 0) is 16.8 Å². The minimum absolute atomic E-state index is 0.318. The maximum Gasteiger partial charge on any atom is 0.325 e. The summed E-state index contributed by atoms with van der Waals surface area (Å²) in [6.45, 7) is -0.318. The van der Waals surface area contributed by atoms with Crippen molar-refractivity contribution in [3.05, 3.63) is 45.6 Å². The number of hydrogen-bond donors (Lipinski definition) is 1. The first-order valence-corrected chi connectivity index (χ1v) is 9.84. The molecule has 0 radical (unpaired) electrons. The van der Waals surface area contributed by atoms with Crippen molar-refractivity contribution >= 4 is 29.1 Å². The van der Waals surface area contributed by atoms with Gasteiger partial charge in [-0.15, -0.1) is 11.3 Å². The molecule has 4 rings (SSSR count). The van der Waals surface area contributed by atoms with Crippen LogP contribution in [0.4, 0.5) is 4.79 Å². The Bertz CT molecular complexity index is 969. The Morgan fingerprint density at radius 2 is 2.00 bits per heavy atom. The van der Waals surface area contributed by atoms with E-state index < -0.39 is 11.6 Å². The van der Waals surface area contributed by atoms with Gasteiger partial charge in [0.25, 0.3) is 5.91 Å². The summed E-state index contributed by atoms with van der Waals surface area (Å²) in [7, 11) is 2.99. The van der Waals surface area contributed by atoms with E-state index in [1.54, 1.807) is 29.5 Å². The number of amides is 3. The van der Waals surface area contributed by atoms with E-state index in [1.165, 1.54) is 14.2 Å². The molecule has 1 fully saturated rings. The number of nitrogens with one attached hydrogen (secondary N) is 1. The minimum Gasteiger partial charge on any atom is -0.493 e. The van der Waals surface area contributed by atoms with Crippen molar-refractivity contribution in [2.24, 2.45) is 0 Å². The number of carbonyl (C=O) groups excluding carboxylic acids is 3. The lowest BCUT2D eigenvalue weighted by atomic mass is 9.80. The molecule has 3 amide bonds. The molecular weight excluding hydrogens is 380 g/mol. The Balaban J connectivity index is 1.59. The number of Topliss-reactive ketones (excluding diaryl/α,β-unsaturated/α-hetero) is 1. The molecule has 8 heteroatoms. The molecule has 1 spiro atoms. The van der Waals surface area contributed by atoms with E-state index in [4.69, 9.17) is 9.47 Å². The van der Waals surface area contributed by atoms with Gasteiger partial charge in [0.2, 0.25) is 0 Å². The van der Waals surface area contributed by atoms with Crippen molar-refractivity contribution in [3.8, 4) is 11.5 Å². The number of benzene rings is 1. The van der Waals surface area contributed by atoms with Crippen LogP contribution in [0.15, 0.2) is 29.6 Å². The zero-order valence-electron chi connectivity index (χ0n) is 15.6. The first kappa shape index (κ1) is 18.5. The summed E-state index contributed by atoms with van der Waals surface area (Å²) in [5.41, 5.74) is 0.171. The zero-order chi connectivity index (χ0) is 19.9. The number of nitrogens with zero attached hydrogens (tertiary/aromatic N) is 1. The number of ether oxygens (including phenoxy) is 2. The molecule has 1 aliphatic heterocycles. The molecule has 1 aliphatic carbocycles. The lowest BCUT2D eigenvalue weighted by Gasteiger charge is -2.31. The molecule has 146 valence electrons. The van der Waals surface area contributed by atoms with Crippen LogP contribution >= 0.6 is 11.3 Å². The molecule has 1 aromatic heterocycles. The SMILES string of the molecule is COc1ccc(C(=O)CN2C(=O)N[C@@]3(CCCc4sccc43)C2=O)cc1OC. The number of thiophene rings is 1. The molecule has 1 atom stereocenters. The number of urea groups is 1. The first-order chi connectivity index (χ1) is 13.5. The van der Waals surface area contributed by atoms with Crippen molar-refractivity contribution in [3.63, 3.8) is 0 Å². The predicted molar refractivity (Wildman–Crippen MR) is 103 cm³/mol. The van der Waals surface area contributed by atoms with Gasteiger partial charge in [-0.05, 0) is 48.9 Å². The van der Waals surface area contributed by atoms with Crippen LogP contribution in [0.1, 0.15) is 33.6 Å². The highest BCUT2D eigenvalue weighted by molar-refractivity contribution is 7.10. The van der Waals surface area contributed by atoms with Crippen molar-refractivity contribution < 1.29 is 23.9 Å². The predicted octanol–water partition coefficient (Wildman–Crippen LogP) is 2.73. The highest BCUT2D eigenvalue weighted by Gasteiger charge is 2.54. The largest absolute Gasteiger partial charge is 0.493 e. The number of aryl methyl sites for hydroxylation is 1. The van der Waals surface area contributed by atoms with Gasteiger partial charge in [0, 0.05) is 16.0 Å². The van der Waals surface area contributed by atoms with Crippen LogP contribution in [0, 0.1) is 0 Å². The van der Waals surface area contributed by atoms with Gasteiger partial charge in [-0.2, -0.15) is 0 Å². The smallest absolute Gasteiger partial charge is 0.325 e. The Kier molecular flexibility index (Phi) is 4.58. The molecule has 2 aromatic rings. The van der Waals surface area contributed by atoms with E-state index in [1.807, 2.05) is 11.4 Å². The number of fused-ring (bicyclic) bond motifs is 2. The number of carbonyl (C=O) groups is 3. The van der Waals surface area contributed by atoms with Gasteiger partial charge >= 0.3 is 6.03 Å². The first-order valence-electron chi connectivity index (χ1n) is 8.96. The van der Waals surface area contributed by atoms with E-state index in [-0.39, 0.29) is 18.2 Å². The second-order valence-corrected chi connectivity index (χ2v) is 7.83. The Hall–Kier alpha value is -2.87. The summed E-state index contributed by atoms with van der Waals surface area (Å²) in [6, 6.07) is 6.13. The summed E-state index contributed by atoms with van der Waals surface area (Å²) in [5, 5.41) is 4.80. The van der Waals surface area contributed by atoms with Crippen molar-refractivity contribution in [2.45, 2.75) is 24.8 Å². The fourth-order valence-electron chi connectivity index (χ4n) is 3.93. The standard InChI is InChI=1S/C20H20N2O5S/c1-26-15-6-5-12(10-16(15)27-2)14(23)11-22-18(24)20(21-19(22)25)8-3-4-17-13(20)7-9-28-17/h5-7,9-10H,3-4,8,11H2,1-2H3,(H,21,25)/t20-/m1/s1. The lowest BCUT2D eigenvalue weighted by molar-refractivity contribution is -0.131. The maximum atomic E-state index is 13.2. The van der Waals surface area contributed by atoms with Gasteiger partial charge in [0.05, 0.1) is 20.8 Å². The van der Waals surface area contributed by atoms with Crippen molar-refractivity contribution in [1.29, 1.82) is 0 Å². The normalized spacial score (nSPS) is 20.9. The van der Waals surface area contributed by atoms with Gasteiger partial charge in [0.15, 0.2) is 17.3 Å². The van der Waals surface area contributed by atoms with Crippen LogP contribution in [-0.4, -0.2) is 43.4 Å². The third kappa shape index (κ3) is 2.75.